The van der Waals surface area contributed by atoms with E-state index in [9.17, 15) is 14.4 Å². The monoisotopic (exact) mass is 371 g/mol. The number of nitrogens with zero attached hydrogens (tertiary/aromatic N) is 1. The summed E-state index contributed by atoms with van der Waals surface area (Å²) >= 11 is 1.13. The van der Waals surface area contributed by atoms with Crippen LogP contribution in [0, 0.1) is 5.92 Å². The van der Waals surface area contributed by atoms with Crippen molar-refractivity contribution in [3.63, 3.8) is 0 Å². The van der Waals surface area contributed by atoms with Gasteiger partial charge in [0, 0.05) is 5.38 Å². The lowest BCUT2D eigenvalue weighted by Crippen LogP contribution is -2.46. The van der Waals surface area contributed by atoms with Gasteiger partial charge in [-0.05, 0) is 33.1 Å². The molecule has 0 saturated carbocycles. The van der Waals surface area contributed by atoms with Crippen LogP contribution in [0.3, 0.4) is 0 Å². The molecule has 0 fully saturated rings. The molecular formula is C16H25N3O5S. The minimum absolute atomic E-state index is 0.171. The predicted octanol–water partition coefficient (Wildman–Crippen LogP) is 2.65. The molecule has 1 rings (SSSR count). The summed E-state index contributed by atoms with van der Waals surface area (Å²) in [4.78, 5) is 39.1. The van der Waals surface area contributed by atoms with Crippen molar-refractivity contribution in [2.45, 2.75) is 59.1 Å². The van der Waals surface area contributed by atoms with Gasteiger partial charge in [-0.15, -0.1) is 11.3 Å². The van der Waals surface area contributed by atoms with Crippen molar-refractivity contribution in [1.29, 1.82) is 0 Å². The van der Waals surface area contributed by atoms with E-state index in [0.717, 1.165) is 11.3 Å². The van der Waals surface area contributed by atoms with E-state index < -0.39 is 29.6 Å². The van der Waals surface area contributed by atoms with Crippen LogP contribution in [0.1, 0.15) is 46.7 Å². The molecule has 1 aromatic rings. The average Bonchev–Trinajstić information content (AvgIpc) is 2.81. The Balaban J connectivity index is 2.74. The van der Waals surface area contributed by atoms with Crippen molar-refractivity contribution in [3.8, 4) is 0 Å². The molecule has 2 amide bonds. The van der Waals surface area contributed by atoms with Gasteiger partial charge < -0.3 is 20.5 Å². The quantitative estimate of drug-likeness (QED) is 0.678. The van der Waals surface area contributed by atoms with Crippen molar-refractivity contribution >= 4 is 34.4 Å². The largest absolute Gasteiger partial charge is 0.481 e. The minimum Gasteiger partial charge on any atom is -0.481 e. The van der Waals surface area contributed by atoms with Crippen molar-refractivity contribution in [2.75, 3.05) is 5.32 Å². The summed E-state index contributed by atoms with van der Waals surface area (Å²) in [5, 5.41) is 15.8. The van der Waals surface area contributed by atoms with Gasteiger partial charge in [0.25, 0.3) is 0 Å². The Morgan fingerprint density at radius 1 is 1.32 bits per heavy atom. The minimum atomic E-state index is -0.993. The summed E-state index contributed by atoms with van der Waals surface area (Å²) in [5.74, 6) is -1.24. The number of thiazole rings is 1. The fourth-order valence-corrected chi connectivity index (χ4v) is 2.66. The number of carbonyl (C=O) groups excluding carboxylic acids is 2. The van der Waals surface area contributed by atoms with Gasteiger partial charge in [0.2, 0.25) is 5.91 Å². The normalized spacial score (nSPS) is 12.6. The van der Waals surface area contributed by atoms with E-state index >= 15 is 0 Å². The number of carbonyl (C=O) groups is 3. The highest BCUT2D eigenvalue weighted by Crippen LogP contribution is 2.17. The maximum absolute atomic E-state index is 12.4. The van der Waals surface area contributed by atoms with Crippen molar-refractivity contribution in [3.05, 3.63) is 11.1 Å². The standard InChI is InChI=1S/C16H25N3O5S/c1-9(2)6-11(18-15(23)24-16(3,4)5)13(22)19-14-17-10(8-25-14)7-12(20)21/h8-9,11H,6-7H2,1-5H3,(H,18,23)(H,20,21)(H,17,19,22)/t11-/m0/s1. The van der Waals surface area contributed by atoms with Gasteiger partial charge in [-0.3, -0.25) is 9.59 Å². The zero-order chi connectivity index (χ0) is 19.2. The van der Waals surface area contributed by atoms with E-state index in [0.29, 0.717) is 17.2 Å². The molecule has 25 heavy (non-hydrogen) atoms. The molecule has 1 heterocycles. The van der Waals surface area contributed by atoms with Gasteiger partial charge in [0.15, 0.2) is 5.13 Å². The average molecular weight is 371 g/mol. The number of hydrogen-bond acceptors (Lipinski definition) is 6. The maximum Gasteiger partial charge on any atom is 0.408 e. The molecule has 0 saturated heterocycles. The van der Waals surface area contributed by atoms with E-state index in [-0.39, 0.29) is 12.3 Å². The van der Waals surface area contributed by atoms with Crippen LogP contribution in [0.15, 0.2) is 5.38 Å². The number of aromatic nitrogens is 1. The molecule has 0 radical (unpaired) electrons. The summed E-state index contributed by atoms with van der Waals surface area (Å²) in [6.45, 7) is 9.09. The van der Waals surface area contributed by atoms with Gasteiger partial charge in [0.05, 0.1) is 12.1 Å². The predicted molar refractivity (Wildman–Crippen MR) is 94.7 cm³/mol. The zero-order valence-corrected chi connectivity index (χ0v) is 15.9. The molecule has 0 aromatic carbocycles. The zero-order valence-electron chi connectivity index (χ0n) is 15.1. The van der Waals surface area contributed by atoms with E-state index in [2.05, 4.69) is 15.6 Å². The number of anilines is 1. The maximum atomic E-state index is 12.4. The van der Waals surface area contributed by atoms with Crippen LogP contribution >= 0.6 is 11.3 Å². The fourth-order valence-electron chi connectivity index (χ4n) is 1.95. The highest BCUT2D eigenvalue weighted by Gasteiger charge is 2.25. The van der Waals surface area contributed by atoms with Crippen LogP contribution in [0.2, 0.25) is 0 Å². The Kier molecular flexibility index (Phi) is 7.35. The molecule has 0 aliphatic heterocycles. The summed E-state index contributed by atoms with van der Waals surface area (Å²) in [7, 11) is 0. The summed E-state index contributed by atoms with van der Waals surface area (Å²) < 4.78 is 5.19. The number of aliphatic carboxylic acids is 1. The summed E-state index contributed by atoms with van der Waals surface area (Å²) in [6.07, 6.45) is -0.449. The third kappa shape index (κ3) is 8.48. The molecule has 0 aliphatic carbocycles. The Morgan fingerprint density at radius 2 is 1.96 bits per heavy atom. The van der Waals surface area contributed by atoms with E-state index in [1.165, 1.54) is 0 Å². The molecule has 3 N–H and O–H groups in total. The van der Waals surface area contributed by atoms with E-state index in [4.69, 9.17) is 9.84 Å². The molecule has 1 aromatic heterocycles. The lowest BCUT2D eigenvalue weighted by atomic mass is 10.0. The molecular weight excluding hydrogens is 346 g/mol. The Bertz CT molecular complexity index is 622. The third-order valence-corrected chi connectivity index (χ3v) is 3.64. The molecule has 140 valence electrons. The van der Waals surface area contributed by atoms with Gasteiger partial charge in [-0.2, -0.15) is 0 Å². The number of ether oxygens (including phenoxy) is 1. The van der Waals surface area contributed by atoms with Crippen LogP contribution < -0.4 is 10.6 Å². The number of amides is 2. The Labute approximate surface area is 151 Å². The molecule has 0 aliphatic rings. The first-order valence-corrected chi connectivity index (χ1v) is 8.81. The van der Waals surface area contributed by atoms with Gasteiger partial charge >= 0.3 is 12.1 Å². The second-order valence-corrected chi connectivity index (χ2v) is 7.89. The number of carboxylic acid groups (broad SMARTS) is 1. The molecule has 8 nitrogen and oxygen atoms in total. The second-order valence-electron chi connectivity index (χ2n) is 7.03. The highest BCUT2D eigenvalue weighted by molar-refractivity contribution is 7.13. The lowest BCUT2D eigenvalue weighted by Gasteiger charge is -2.23. The van der Waals surface area contributed by atoms with E-state index in [1.807, 2.05) is 13.8 Å². The third-order valence-electron chi connectivity index (χ3n) is 2.83. The van der Waals surface area contributed by atoms with Crippen LogP contribution in [-0.2, 0) is 20.7 Å². The lowest BCUT2D eigenvalue weighted by molar-refractivity contribution is -0.136. The highest BCUT2D eigenvalue weighted by atomic mass is 32.1. The number of hydrogen-bond donors (Lipinski definition) is 3. The van der Waals surface area contributed by atoms with Crippen LogP contribution in [0.5, 0.6) is 0 Å². The molecule has 1 atom stereocenters. The van der Waals surface area contributed by atoms with Crippen LogP contribution in [0.4, 0.5) is 9.93 Å². The SMILES string of the molecule is CC(C)C[C@H](NC(=O)OC(C)(C)C)C(=O)Nc1nc(CC(=O)O)cs1. The first kappa shape index (κ1) is 20.9. The summed E-state index contributed by atoms with van der Waals surface area (Å²) in [6, 6.07) is -0.776. The number of nitrogens with one attached hydrogen (secondary N) is 2. The van der Waals surface area contributed by atoms with Crippen LogP contribution in [0.25, 0.3) is 0 Å². The smallest absolute Gasteiger partial charge is 0.408 e. The topological polar surface area (TPSA) is 118 Å². The fraction of sp³-hybridized carbons (Fsp3) is 0.625. The molecule has 0 bridgehead atoms. The van der Waals surface area contributed by atoms with E-state index in [1.54, 1.807) is 26.2 Å². The first-order valence-electron chi connectivity index (χ1n) is 7.93. The Morgan fingerprint density at radius 3 is 2.48 bits per heavy atom. The van der Waals surface area contributed by atoms with Crippen LogP contribution in [-0.4, -0.2) is 39.7 Å². The number of alkyl carbamates (subject to hydrolysis) is 1. The van der Waals surface area contributed by atoms with Gasteiger partial charge in [-0.1, -0.05) is 13.8 Å². The van der Waals surface area contributed by atoms with Gasteiger partial charge in [-0.25, -0.2) is 9.78 Å². The Hall–Kier alpha value is -2.16. The van der Waals surface area contributed by atoms with Gasteiger partial charge in [0.1, 0.15) is 11.6 Å². The number of carboxylic acids is 1. The molecule has 9 heteroatoms. The van der Waals surface area contributed by atoms with Crippen molar-refractivity contribution in [1.82, 2.24) is 10.3 Å². The van der Waals surface area contributed by atoms with Crippen molar-refractivity contribution < 1.29 is 24.2 Å². The summed E-state index contributed by atoms with van der Waals surface area (Å²) in [5.41, 5.74) is -0.294. The second kappa shape index (κ2) is 8.80. The number of rotatable bonds is 7. The molecule has 0 unspecified atom stereocenters. The molecule has 0 spiro atoms. The van der Waals surface area contributed by atoms with Crippen molar-refractivity contribution in [2.24, 2.45) is 5.92 Å². The first-order chi connectivity index (χ1) is 11.5.